The van der Waals surface area contributed by atoms with Crippen molar-refractivity contribution in [2.75, 3.05) is 7.11 Å². The second-order valence-corrected chi connectivity index (χ2v) is 5.04. The summed E-state index contributed by atoms with van der Waals surface area (Å²) in [5.74, 6) is -0.978. The Bertz CT molecular complexity index is 282. The summed E-state index contributed by atoms with van der Waals surface area (Å²) in [5.41, 5.74) is -0.740. The molecule has 0 aromatic carbocycles. The number of esters is 1. The smallest absolute Gasteiger partial charge is 0.435 e. The summed E-state index contributed by atoms with van der Waals surface area (Å²) in [4.78, 5) is 23.0. The highest BCUT2D eigenvalue weighted by Crippen LogP contribution is 2.15. The molecule has 0 aliphatic carbocycles. The van der Waals surface area contributed by atoms with Gasteiger partial charge in [-0.3, -0.25) is 5.21 Å². The number of hydrogen-bond acceptors (Lipinski definition) is 5. The van der Waals surface area contributed by atoms with Crippen LogP contribution in [0.3, 0.4) is 0 Å². The van der Waals surface area contributed by atoms with Crippen LogP contribution in [-0.2, 0) is 14.3 Å². The van der Waals surface area contributed by atoms with Gasteiger partial charge in [-0.2, -0.15) is 5.06 Å². The zero-order chi connectivity index (χ0) is 13.8. The quantitative estimate of drug-likeness (QED) is 0.467. The van der Waals surface area contributed by atoms with Crippen molar-refractivity contribution in [1.29, 1.82) is 0 Å². The van der Waals surface area contributed by atoms with Crippen LogP contribution in [0.4, 0.5) is 4.79 Å². The maximum atomic E-state index is 11.6. The average Bonchev–Trinajstić information content (AvgIpc) is 2.14. The van der Waals surface area contributed by atoms with Crippen LogP contribution < -0.4 is 0 Å². The molecule has 0 bridgehead atoms. The van der Waals surface area contributed by atoms with Gasteiger partial charge in [0.25, 0.3) is 0 Å². The lowest BCUT2D eigenvalue weighted by Crippen LogP contribution is -2.48. The van der Waals surface area contributed by atoms with Crippen LogP contribution in [-0.4, -0.2) is 41.1 Å². The first-order valence-corrected chi connectivity index (χ1v) is 5.39. The zero-order valence-corrected chi connectivity index (χ0v) is 11.2. The van der Waals surface area contributed by atoms with Crippen LogP contribution in [0.5, 0.6) is 0 Å². The minimum atomic E-state index is -1.07. The van der Waals surface area contributed by atoms with Gasteiger partial charge in [-0.15, -0.1) is 0 Å². The third kappa shape index (κ3) is 5.04. The maximum absolute atomic E-state index is 11.6. The fourth-order valence-corrected chi connectivity index (χ4v) is 1.20. The van der Waals surface area contributed by atoms with Gasteiger partial charge in [0.15, 0.2) is 6.04 Å². The number of hydrogen-bond donors (Lipinski definition) is 1. The molecule has 0 spiro atoms. The Hall–Kier alpha value is -1.30. The van der Waals surface area contributed by atoms with Gasteiger partial charge in [-0.05, 0) is 26.7 Å². The monoisotopic (exact) mass is 247 g/mol. The molecule has 6 heteroatoms. The second-order valence-electron chi connectivity index (χ2n) is 5.04. The first-order chi connectivity index (χ1) is 7.60. The molecular weight excluding hydrogens is 226 g/mol. The van der Waals surface area contributed by atoms with E-state index in [0.29, 0.717) is 0 Å². The Morgan fingerprint density at radius 1 is 1.24 bits per heavy atom. The van der Waals surface area contributed by atoms with E-state index in [4.69, 9.17) is 4.74 Å². The third-order valence-corrected chi connectivity index (χ3v) is 1.92. The van der Waals surface area contributed by atoms with Crippen LogP contribution in [0, 0.1) is 5.92 Å². The van der Waals surface area contributed by atoms with Crippen LogP contribution in [0.1, 0.15) is 34.6 Å². The number of carbonyl (C=O) groups excluding carboxylic acids is 2. The number of rotatable bonds is 3. The molecule has 0 aliphatic heterocycles. The van der Waals surface area contributed by atoms with Crippen molar-refractivity contribution in [2.45, 2.75) is 46.3 Å². The molecular formula is C11H21NO5. The molecule has 1 amide bonds. The number of nitrogens with zero attached hydrogens (tertiary/aromatic N) is 1. The average molecular weight is 247 g/mol. The highest BCUT2D eigenvalue weighted by atomic mass is 16.6. The van der Waals surface area contributed by atoms with E-state index in [-0.39, 0.29) is 11.0 Å². The Labute approximate surface area is 101 Å². The Balaban J connectivity index is 4.79. The maximum Gasteiger partial charge on any atom is 0.435 e. The molecule has 6 nitrogen and oxygen atoms in total. The first kappa shape index (κ1) is 15.7. The topological polar surface area (TPSA) is 76.1 Å². The molecule has 0 saturated heterocycles. The van der Waals surface area contributed by atoms with Crippen LogP contribution in [0.2, 0.25) is 0 Å². The molecule has 0 aromatic rings. The number of hydroxylamine groups is 2. The van der Waals surface area contributed by atoms with Crippen molar-refractivity contribution in [2.24, 2.45) is 5.92 Å². The summed E-state index contributed by atoms with van der Waals surface area (Å²) in [6.07, 6.45) is -0.971. The third-order valence-electron chi connectivity index (χ3n) is 1.92. The standard InChI is InChI=1S/C11H21NO5/c1-7(2)8(9(13)16-6)12(15)10(14)17-11(3,4)5/h7-8,15H,1-6H3. The van der Waals surface area contributed by atoms with Crippen molar-refractivity contribution >= 4 is 12.1 Å². The van der Waals surface area contributed by atoms with E-state index in [2.05, 4.69) is 4.74 Å². The lowest BCUT2D eigenvalue weighted by Gasteiger charge is -2.29. The highest BCUT2D eigenvalue weighted by Gasteiger charge is 2.35. The number of carbonyl (C=O) groups is 2. The summed E-state index contributed by atoms with van der Waals surface area (Å²) in [6, 6.07) is -1.07. The largest absolute Gasteiger partial charge is 0.467 e. The van der Waals surface area contributed by atoms with Crippen molar-refractivity contribution in [3.05, 3.63) is 0 Å². The molecule has 0 radical (unpaired) electrons. The molecule has 0 saturated carbocycles. The molecule has 0 fully saturated rings. The SMILES string of the molecule is COC(=O)C(C(C)C)N(O)C(=O)OC(C)(C)C. The fraction of sp³-hybridized carbons (Fsp3) is 0.818. The van der Waals surface area contributed by atoms with E-state index in [1.807, 2.05) is 0 Å². The number of amides is 1. The predicted octanol–water partition coefficient (Wildman–Crippen LogP) is 1.81. The van der Waals surface area contributed by atoms with Crippen LogP contribution in [0.25, 0.3) is 0 Å². The summed E-state index contributed by atoms with van der Waals surface area (Å²) >= 11 is 0. The molecule has 1 atom stereocenters. The van der Waals surface area contributed by atoms with Gasteiger partial charge in [0.1, 0.15) is 5.60 Å². The molecule has 1 unspecified atom stereocenters. The van der Waals surface area contributed by atoms with Gasteiger partial charge in [0.05, 0.1) is 7.11 Å². The van der Waals surface area contributed by atoms with Crippen molar-refractivity contribution in [1.82, 2.24) is 5.06 Å². The van der Waals surface area contributed by atoms with Crippen molar-refractivity contribution in [3.8, 4) is 0 Å². The summed E-state index contributed by atoms with van der Waals surface area (Å²) in [7, 11) is 1.20. The highest BCUT2D eigenvalue weighted by molar-refractivity contribution is 5.80. The van der Waals surface area contributed by atoms with Gasteiger partial charge < -0.3 is 9.47 Å². The first-order valence-electron chi connectivity index (χ1n) is 5.39. The molecule has 1 N–H and O–H groups in total. The zero-order valence-electron chi connectivity index (χ0n) is 11.2. The van der Waals surface area contributed by atoms with Gasteiger partial charge in [0.2, 0.25) is 0 Å². The van der Waals surface area contributed by atoms with E-state index < -0.39 is 23.7 Å². The van der Waals surface area contributed by atoms with Gasteiger partial charge >= 0.3 is 12.1 Å². The molecule has 0 rings (SSSR count). The predicted molar refractivity (Wildman–Crippen MR) is 60.5 cm³/mol. The van der Waals surface area contributed by atoms with Crippen molar-refractivity contribution in [3.63, 3.8) is 0 Å². The second kappa shape index (κ2) is 5.86. The van der Waals surface area contributed by atoms with Crippen molar-refractivity contribution < 1.29 is 24.3 Å². The number of ether oxygens (including phenoxy) is 2. The molecule has 17 heavy (non-hydrogen) atoms. The Morgan fingerprint density at radius 2 is 1.71 bits per heavy atom. The summed E-state index contributed by atoms with van der Waals surface area (Å²) in [5, 5.41) is 9.95. The van der Waals surface area contributed by atoms with E-state index in [1.165, 1.54) is 7.11 Å². The van der Waals surface area contributed by atoms with Crippen LogP contribution >= 0.6 is 0 Å². The molecule has 0 heterocycles. The fourth-order valence-electron chi connectivity index (χ4n) is 1.20. The van der Waals surface area contributed by atoms with Gasteiger partial charge in [-0.1, -0.05) is 13.8 Å². The van der Waals surface area contributed by atoms with E-state index in [9.17, 15) is 14.8 Å². The lowest BCUT2D eigenvalue weighted by atomic mass is 10.0. The molecule has 100 valence electrons. The lowest BCUT2D eigenvalue weighted by molar-refractivity contribution is -0.172. The van der Waals surface area contributed by atoms with Crippen LogP contribution in [0.15, 0.2) is 0 Å². The van der Waals surface area contributed by atoms with E-state index in [0.717, 1.165) is 0 Å². The number of methoxy groups -OCH3 is 1. The molecule has 0 aromatic heterocycles. The molecule has 0 aliphatic rings. The summed E-state index contributed by atoms with van der Waals surface area (Å²) in [6.45, 7) is 8.38. The Morgan fingerprint density at radius 3 is 2.00 bits per heavy atom. The van der Waals surface area contributed by atoms with Gasteiger partial charge in [-0.25, -0.2) is 9.59 Å². The minimum absolute atomic E-state index is 0.280. The minimum Gasteiger partial charge on any atom is -0.467 e. The Kier molecular flexibility index (Phi) is 5.41. The summed E-state index contributed by atoms with van der Waals surface area (Å²) < 4.78 is 9.48. The normalized spacial score (nSPS) is 13.2. The van der Waals surface area contributed by atoms with E-state index in [1.54, 1.807) is 34.6 Å². The van der Waals surface area contributed by atoms with E-state index >= 15 is 0 Å². The van der Waals surface area contributed by atoms with Gasteiger partial charge in [0, 0.05) is 0 Å².